The van der Waals surface area contributed by atoms with Crippen LogP contribution in [0.4, 0.5) is 10.1 Å². The lowest BCUT2D eigenvalue weighted by atomic mass is 9.96. The van der Waals surface area contributed by atoms with Crippen molar-refractivity contribution in [3.8, 4) is 0 Å². The van der Waals surface area contributed by atoms with E-state index < -0.39 is 0 Å². The van der Waals surface area contributed by atoms with Gasteiger partial charge >= 0.3 is 0 Å². The maximum absolute atomic E-state index is 13.6. The topological polar surface area (TPSA) is 45.2 Å². The van der Waals surface area contributed by atoms with Crippen molar-refractivity contribution in [2.75, 3.05) is 18.0 Å². The molecule has 2 aromatic rings. The monoisotopic (exact) mass is 313 g/mol. The lowest BCUT2D eigenvalue weighted by Gasteiger charge is -2.33. The fourth-order valence-corrected chi connectivity index (χ4v) is 2.95. The molecular formula is C18H20FN3O. The first-order valence-corrected chi connectivity index (χ1v) is 7.90. The second-order valence-electron chi connectivity index (χ2n) is 5.80. The van der Waals surface area contributed by atoms with Gasteiger partial charge in [-0.15, -0.1) is 0 Å². The van der Waals surface area contributed by atoms with Crippen LogP contribution in [0, 0.1) is 11.7 Å². The summed E-state index contributed by atoms with van der Waals surface area (Å²) in [7, 11) is 0. The summed E-state index contributed by atoms with van der Waals surface area (Å²) in [5, 5.41) is 2.86. The van der Waals surface area contributed by atoms with Gasteiger partial charge in [-0.1, -0.05) is 18.2 Å². The van der Waals surface area contributed by atoms with E-state index in [0.29, 0.717) is 12.1 Å². The number of carbonyl (C=O) groups is 1. The molecule has 1 aliphatic rings. The van der Waals surface area contributed by atoms with Crippen LogP contribution in [0.1, 0.15) is 18.4 Å². The largest absolute Gasteiger partial charge is 0.371 e. The molecule has 1 aliphatic heterocycles. The van der Waals surface area contributed by atoms with E-state index in [4.69, 9.17) is 0 Å². The van der Waals surface area contributed by atoms with Gasteiger partial charge in [0.2, 0.25) is 5.91 Å². The van der Waals surface area contributed by atoms with Gasteiger partial charge in [-0.2, -0.15) is 0 Å². The Balaban J connectivity index is 1.58. The first-order valence-electron chi connectivity index (χ1n) is 7.90. The van der Waals surface area contributed by atoms with Crippen LogP contribution >= 0.6 is 0 Å². The van der Waals surface area contributed by atoms with Crippen molar-refractivity contribution in [3.63, 3.8) is 0 Å². The minimum atomic E-state index is -0.283. The molecule has 5 heteroatoms. The molecule has 0 spiro atoms. The van der Waals surface area contributed by atoms with E-state index in [1.807, 2.05) is 12.1 Å². The summed E-state index contributed by atoms with van der Waals surface area (Å²) in [6, 6.07) is 10.4. The zero-order valence-corrected chi connectivity index (χ0v) is 12.9. The maximum atomic E-state index is 13.6. The van der Waals surface area contributed by atoms with Gasteiger partial charge < -0.3 is 10.2 Å². The molecule has 1 fully saturated rings. The van der Waals surface area contributed by atoms with Crippen LogP contribution in [0.15, 0.2) is 48.8 Å². The van der Waals surface area contributed by atoms with Crippen molar-refractivity contribution >= 4 is 11.6 Å². The molecule has 2 heterocycles. The molecule has 3 rings (SSSR count). The Morgan fingerprint density at radius 1 is 1.26 bits per heavy atom. The van der Waals surface area contributed by atoms with Crippen molar-refractivity contribution in [2.45, 2.75) is 19.4 Å². The van der Waals surface area contributed by atoms with Crippen molar-refractivity contribution in [2.24, 2.45) is 5.92 Å². The van der Waals surface area contributed by atoms with Crippen LogP contribution in [0.2, 0.25) is 0 Å². The van der Waals surface area contributed by atoms with Crippen LogP contribution in [-0.4, -0.2) is 24.0 Å². The smallest absolute Gasteiger partial charge is 0.225 e. The number of aromatic nitrogens is 1. The molecule has 4 nitrogen and oxygen atoms in total. The van der Waals surface area contributed by atoms with Crippen molar-refractivity contribution < 1.29 is 9.18 Å². The van der Waals surface area contributed by atoms with E-state index >= 15 is 0 Å². The molecule has 1 aromatic carbocycles. The third kappa shape index (κ3) is 3.86. The lowest BCUT2D eigenvalue weighted by molar-refractivity contribution is -0.125. The quantitative estimate of drug-likeness (QED) is 0.944. The summed E-state index contributed by atoms with van der Waals surface area (Å²) in [4.78, 5) is 18.6. The fourth-order valence-electron chi connectivity index (χ4n) is 2.95. The number of halogens is 1. The molecule has 1 aromatic heterocycles. The first-order chi connectivity index (χ1) is 11.2. The molecule has 1 N–H and O–H groups in total. The molecule has 1 atom stereocenters. The van der Waals surface area contributed by atoms with Gasteiger partial charge in [-0.05, 0) is 31.0 Å². The number of nitrogens with one attached hydrogen (secondary N) is 1. The Morgan fingerprint density at radius 2 is 2.04 bits per heavy atom. The third-order valence-corrected chi connectivity index (χ3v) is 4.23. The van der Waals surface area contributed by atoms with Gasteiger partial charge in [0.25, 0.3) is 0 Å². The number of hydrogen-bond donors (Lipinski definition) is 1. The molecular weight excluding hydrogens is 293 g/mol. The molecule has 120 valence electrons. The van der Waals surface area contributed by atoms with Crippen LogP contribution in [0.5, 0.6) is 0 Å². The highest BCUT2D eigenvalue weighted by atomic mass is 19.1. The molecule has 1 unspecified atom stereocenters. The van der Waals surface area contributed by atoms with E-state index in [1.54, 1.807) is 30.6 Å². The number of rotatable bonds is 4. The molecule has 0 saturated carbocycles. The van der Waals surface area contributed by atoms with Crippen LogP contribution < -0.4 is 10.2 Å². The molecule has 0 bridgehead atoms. The van der Waals surface area contributed by atoms with E-state index in [9.17, 15) is 9.18 Å². The standard InChI is InChI=1S/C18H20FN3O/c19-17-6-2-1-4-14(17)12-21-18(23)15-5-3-11-22(13-15)16-7-9-20-10-8-16/h1-2,4,6-10,15H,3,5,11-13H2,(H,21,23). The third-order valence-electron chi connectivity index (χ3n) is 4.23. The number of nitrogens with zero attached hydrogens (tertiary/aromatic N) is 2. The van der Waals surface area contributed by atoms with E-state index in [1.165, 1.54) is 6.07 Å². The van der Waals surface area contributed by atoms with E-state index in [-0.39, 0.29) is 24.2 Å². The number of pyridine rings is 1. The number of benzene rings is 1. The molecule has 23 heavy (non-hydrogen) atoms. The average molecular weight is 313 g/mol. The highest BCUT2D eigenvalue weighted by Gasteiger charge is 2.25. The Bertz CT molecular complexity index is 662. The van der Waals surface area contributed by atoms with Gasteiger partial charge in [0.15, 0.2) is 0 Å². The van der Waals surface area contributed by atoms with E-state index in [2.05, 4.69) is 15.2 Å². The second kappa shape index (κ2) is 7.22. The molecule has 1 amide bonds. The summed E-state index contributed by atoms with van der Waals surface area (Å²) >= 11 is 0. The van der Waals surface area contributed by atoms with Gasteiger partial charge in [0, 0.05) is 43.3 Å². The Labute approximate surface area is 135 Å². The Kier molecular flexibility index (Phi) is 4.86. The predicted molar refractivity (Wildman–Crippen MR) is 87.4 cm³/mol. The number of piperidine rings is 1. The maximum Gasteiger partial charge on any atom is 0.225 e. The minimum absolute atomic E-state index is 0.00740. The van der Waals surface area contributed by atoms with Crippen LogP contribution in [0.3, 0.4) is 0 Å². The molecule has 0 aliphatic carbocycles. The van der Waals surface area contributed by atoms with Gasteiger partial charge in [-0.3, -0.25) is 9.78 Å². The van der Waals surface area contributed by atoms with Crippen LogP contribution in [0.25, 0.3) is 0 Å². The van der Waals surface area contributed by atoms with E-state index in [0.717, 1.165) is 25.1 Å². The summed E-state index contributed by atoms with van der Waals surface area (Å²) in [6.45, 7) is 1.87. The SMILES string of the molecule is O=C(NCc1ccccc1F)C1CCCN(c2ccncc2)C1. The van der Waals surface area contributed by atoms with Crippen molar-refractivity contribution in [3.05, 3.63) is 60.2 Å². The summed E-state index contributed by atoms with van der Waals surface area (Å²) in [6.07, 6.45) is 5.36. The van der Waals surface area contributed by atoms with Crippen molar-refractivity contribution in [1.82, 2.24) is 10.3 Å². The van der Waals surface area contributed by atoms with Gasteiger partial charge in [-0.25, -0.2) is 4.39 Å². The number of hydrogen-bond acceptors (Lipinski definition) is 3. The summed E-state index contributed by atoms with van der Waals surface area (Å²) in [5.41, 5.74) is 1.61. The summed E-state index contributed by atoms with van der Waals surface area (Å²) in [5.74, 6) is -0.356. The highest BCUT2D eigenvalue weighted by molar-refractivity contribution is 5.79. The molecule has 1 saturated heterocycles. The van der Waals surface area contributed by atoms with Gasteiger partial charge in [0.05, 0.1) is 5.92 Å². The molecule has 0 radical (unpaired) electrons. The number of amides is 1. The fraction of sp³-hybridized carbons (Fsp3) is 0.333. The first kappa shape index (κ1) is 15.5. The zero-order valence-electron chi connectivity index (χ0n) is 12.9. The minimum Gasteiger partial charge on any atom is -0.371 e. The Hall–Kier alpha value is -2.43. The normalized spacial score (nSPS) is 17.8. The summed E-state index contributed by atoms with van der Waals surface area (Å²) < 4.78 is 13.6. The lowest BCUT2D eigenvalue weighted by Crippen LogP contribution is -2.43. The zero-order chi connectivity index (χ0) is 16.1. The Morgan fingerprint density at radius 3 is 2.83 bits per heavy atom. The van der Waals surface area contributed by atoms with Crippen molar-refractivity contribution in [1.29, 1.82) is 0 Å². The second-order valence-corrected chi connectivity index (χ2v) is 5.80. The van der Waals surface area contributed by atoms with Gasteiger partial charge in [0.1, 0.15) is 5.82 Å². The average Bonchev–Trinajstić information content (AvgIpc) is 2.62. The highest BCUT2D eigenvalue weighted by Crippen LogP contribution is 2.22. The van der Waals surface area contributed by atoms with Crippen LogP contribution in [-0.2, 0) is 11.3 Å². The number of anilines is 1. The number of carbonyl (C=O) groups excluding carboxylic acids is 1. The predicted octanol–water partition coefficient (Wildman–Crippen LogP) is 2.75.